The molecule has 0 aromatic heterocycles. The summed E-state index contributed by atoms with van der Waals surface area (Å²) in [6.45, 7) is 1.97. The molecule has 0 bridgehead atoms. The molecule has 1 N–H and O–H groups in total. The Hall–Kier alpha value is -2.38. The zero-order valence-corrected chi connectivity index (χ0v) is 17.8. The van der Waals surface area contributed by atoms with Gasteiger partial charge < -0.3 is 10.0 Å². The van der Waals surface area contributed by atoms with Gasteiger partial charge >= 0.3 is 0 Å². The second kappa shape index (κ2) is 7.10. The maximum absolute atomic E-state index is 13.6. The summed E-state index contributed by atoms with van der Waals surface area (Å²) in [5, 5.41) is 10.0. The molecule has 3 aliphatic rings. The third-order valence-corrected chi connectivity index (χ3v) is 8.45. The fraction of sp³-hybridized carbons (Fsp3) is 0.435. The van der Waals surface area contributed by atoms with E-state index in [1.165, 1.54) is 4.31 Å². The van der Waals surface area contributed by atoms with E-state index >= 15 is 0 Å². The lowest BCUT2D eigenvalue weighted by molar-refractivity contribution is -0.150. The minimum Gasteiger partial charge on any atom is -0.394 e. The van der Waals surface area contributed by atoms with E-state index in [2.05, 4.69) is 0 Å². The summed E-state index contributed by atoms with van der Waals surface area (Å²) in [5.41, 5.74) is 2.41. The first kappa shape index (κ1) is 19.6. The predicted octanol–water partition coefficient (Wildman–Crippen LogP) is 2.66. The molecule has 0 unspecified atom stereocenters. The van der Waals surface area contributed by atoms with Crippen molar-refractivity contribution >= 4 is 21.6 Å². The molecule has 2 fully saturated rings. The number of sulfonamides is 1. The Balaban J connectivity index is 1.55. The quantitative estimate of drug-likeness (QED) is 0.797. The first-order valence-electron chi connectivity index (χ1n) is 10.5. The molecule has 2 aliphatic heterocycles. The normalized spacial score (nSPS) is 25.3. The van der Waals surface area contributed by atoms with Crippen LogP contribution < -0.4 is 4.31 Å². The van der Waals surface area contributed by atoms with Crippen LogP contribution in [-0.2, 0) is 14.8 Å². The minimum atomic E-state index is -3.77. The number of aryl methyl sites for hydroxylation is 1. The van der Waals surface area contributed by atoms with Crippen LogP contribution in [0.4, 0.5) is 5.69 Å². The first-order valence-corrected chi connectivity index (χ1v) is 12.0. The maximum atomic E-state index is 13.6. The third-order valence-electron chi connectivity index (χ3n) is 6.67. The summed E-state index contributed by atoms with van der Waals surface area (Å²) in [7, 11) is -3.77. The zero-order valence-electron chi connectivity index (χ0n) is 16.9. The number of amides is 1. The molecule has 1 aliphatic carbocycles. The highest BCUT2D eigenvalue weighted by Gasteiger charge is 2.56. The molecule has 3 atom stereocenters. The summed E-state index contributed by atoms with van der Waals surface area (Å²) < 4.78 is 28.6. The number of fused-ring (bicyclic) bond motifs is 3. The van der Waals surface area contributed by atoms with E-state index in [4.69, 9.17) is 0 Å². The zero-order chi connectivity index (χ0) is 21.0. The van der Waals surface area contributed by atoms with Gasteiger partial charge in [0.15, 0.2) is 0 Å². The monoisotopic (exact) mass is 426 g/mol. The van der Waals surface area contributed by atoms with Crippen LogP contribution in [0.3, 0.4) is 0 Å². The van der Waals surface area contributed by atoms with E-state index in [1.54, 1.807) is 23.1 Å². The Morgan fingerprint density at radius 1 is 1.13 bits per heavy atom. The lowest BCUT2D eigenvalue weighted by Crippen LogP contribution is -2.70. The molecule has 0 radical (unpaired) electrons. The molecule has 2 aromatic carbocycles. The molecule has 1 amide bonds. The Labute approximate surface area is 177 Å². The van der Waals surface area contributed by atoms with E-state index in [1.807, 2.05) is 37.3 Å². The lowest BCUT2D eigenvalue weighted by atomic mass is 9.72. The average Bonchev–Trinajstić information content (AvgIpc) is 3.52. The van der Waals surface area contributed by atoms with Crippen molar-refractivity contribution in [1.82, 2.24) is 4.90 Å². The van der Waals surface area contributed by atoms with E-state index in [-0.39, 0.29) is 42.0 Å². The van der Waals surface area contributed by atoms with Crippen LogP contribution in [-0.4, -0.2) is 49.6 Å². The number of nitrogens with zero attached hydrogens (tertiary/aromatic N) is 2. The van der Waals surface area contributed by atoms with Crippen LogP contribution in [0.15, 0.2) is 53.4 Å². The predicted molar refractivity (Wildman–Crippen MR) is 114 cm³/mol. The Bertz CT molecular complexity index is 1100. The van der Waals surface area contributed by atoms with Crippen LogP contribution in [0.1, 0.15) is 36.3 Å². The van der Waals surface area contributed by atoms with Crippen molar-refractivity contribution in [2.75, 3.05) is 17.5 Å². The number of aliphatic hydroxyl groups is 1. The smallest absolute Gasteiger partial charge is 0.264 e. The van der Waals surface area contributed by atoms with Crippen molar-refractivity contribution in [1.29, 1.82) is 0 Å². The molecule has 1 saturated heterocycles. The number of hydrogen-bond donors (Lipinski definition) is 1. The molecule has 158 valence electrons. The molecule has 1 saturated carbocycles. The Morgan fingerprint density at radius 2 is 1.90 bits per heavy atom. The second-order valence-corrected chi connectivity index (χ2v) is 10.6. The third kappa shape index (κ3) is 3.03. The highest BCUT2D eigenvalue weighted by Crippen LogP contribution is 2.50. The Kier molecular flexibility index (Phi) is 4.63. The topological polar surface area (TPSA) is 77.9 Å². The average molecular weight is 427 g/mol. The van der Waals surface area contributed by atoms with Gasteiger partial charge in [-0.3, -0.25) is 9.10 Å². The second-order valence-electron chi connectivity index (χ2n) is 8.70. The molecule has 7 heteroatoms. The summed E-state index contributed by atoms with van der Waals surface area (Å²) in [5.74, 6) is 0.433. The van der Waals surface area contributed by atoms with Crippen molar-refractivity contribution in [2.45, 2.75) is 49.1 Å². The van der Waals surface area contributed by atoms with E-state index in [9.17, 15) is 18.3 Å². The number of hydrogen-bond acceptors (Lipinski definition) is 4. The van der Waals surface area contributed by atoms with Crippen LogP contribution in [0.2, 0.25) is 0 Å². The number of benzene rings is 2. The van der Waals surface area contributed by atoms with E-state index in [0.29, 0.717) is 18.0 Å². The fourth-order valence-corrected chi connectivity index (χ4v) is 6.62. The van der Waals surface area contributed by atoms with Crippen LogP contribution in [0.5, 0.6) is 0 Å². The van der Waals surface area contributed by atoms with Gasteiger partial charge in [0, 0.05) is 12.3 Å². The van der Waals surface area contributed by atoms with Crippen molar-refractivity contribution in [3.05, 3.63) is 59.7 Å². The number of anilines is 1. The molecule has 6 nitrogen and oxygen atoms in total. The standard InChI is InChI=1S/C23H26N2O4S/c1-15-5-4-6-17(11-15)30(28,29)24-13-20-23(18-7-2-3-8-19(18)24)21(14-26)25(20)22(27)12-16-9-10-16/h2-8,11,16,20-21,23,26H,9-10,12-14H2,1H3/t20-,21+,23+/m1/s1. The highest BCUT2D eigenvalue weighted by atomic mass is 32.2. The number of carbonyl (C=O) groups is 1. The Morgan fingerprint density at radius 3 is 2.60 bits per heavy atom. The number of para-hydroxylation sites is 1. The van der Waals surface area contributed by atoms with Gasteiger partial charge in [0.05, 0.1) is 35.8 Å². The van der Waals surface area contributed by atoms with Gasteiger partial charge in [-0.05, 0) is 55.0 Å². The van der Waals surface area contributed by atoms with Crippen molar-refractivity contribution in [2.24, 2.45) is 5.92 Å². The largest absolute Gasteiger partial charge is 0.394 e. The SMILES string of the molecule is Cc1cccc(S(=O)(=O)N2C[C@@H]3[C@H](c4ccccc42)[C@H](CO)N3C(=O)CC2CC2)c1. The van der Waals surface area contributed by atoms with Crippen molar-refractivity contribution < 1.29 is 18.3 Å². The number of likely N-dealkylation sites (tertiary alicyclic amines) is 1. The molecule has 5 rings (SSSR count). The van der Waals surface area contributed by atoms with Gasteiger partial charge in [0.1, 0.15) is 0 Å². The van der Waals surface area contributed by atoms with Gasteiger partial charge in [-0.15, -0.1) is 0 Å². The molecule has 0 spiro atoms. The van der Waals surface area contributed by atoms with Gasteiger partial charge in [-0.1, -0.05) is 30.3 Å². The number of carbonyl (C=O) groups excluding carboxylic acids is 1. The minimum absolute atomic E-state index is 0.0325. The van der Waals surface area contributed by atoms with Crippen LogP contribution >= 0.6 is 0 Å². The molecular formula is C23H26N2O4S. The van der Waals surface area contributed by atoms with Gasteiger partial charge in [0.25, 0.3) is 10.0 Å². The highest BCUT2D eigenvalue weighted by molar-refractivity contribution is 7.92. The lowest BCUT2D eigenvalue weighted by Gasteiger charge is -2.59. The summed E-state index contributed by atoms with van der Waals surface area (Å²) in [6, 6.07) is 13.9. The van der Waals surface area contributed by atoms with Gasteiger partial charge in [-0.2, -0.15) is 0 Å². The van der Waals surface area contributed by atoms with Crippen molar-refractivity contribution in [3.8, 4) is 0 Å². The van der Waals surface area contributed by atoms with Gasteiger partial charge in [-0.25, -0.2) is 8.42 Å². The number of aliphatic hydroxyl groups excluding tert-OH is 1. The summed E-state index contributed by atoms with van der Waals surface area (Å²) in [4.78, 5) is 14.9. The number of rotatable bonds is 5. The fourth-order valence-electron chi connectivity index (χ4n) is 5.00. The van der Waals surface area contributed by atoms with E-state index in [0.717, 1.165) is 24.0 Å². The van der Waals surface area contributed by atoms with Crippen molar-refractivity contribution in [3.63, 3.8) is 0 Å². The molecular weight excluding hydrogens is 400 g/mol. The van der Waals surface area contributed by atoms with Crippen LogP contribution in [0, 0.1) is 12.8 Å². The summed E-state index contributed by atoms with van der Waals surface area (Å²) in [6.07, 6.45) is 2.65. The van der Waals surface area contributed by atoms with E-state index < -0.39 is 10.0 Å². The molecule has 30 heavy (non-hydrogen) atoms. The van der Waals surface area contributed by atoms with Crippen LogP contribution in [0.25, 0.3) is 0 Å². The first-order chi connectivity index (χ1) is 14.4. The molecule has 2 heterocycles. The molecule has 2 aromatic rings. The summed E-state index contributed by atoms with van der Waals surface area (Å²) >= 11 is 0. The van der Waals surface area contributed by atoms with Gasteiger partial charge in [0.2, 0.25) is 5.91 Å². The maximum Gasteiger partial charge on any atom is 0.264 e.